The van der Waals surface area contributed by atoms with E-state index in [1.54, 1.807) is 30.0 Å². The van der Waals surface area contributed by atoms with Crippen LogP contribution in [0.5, 0.6) is 11.5 Å². The molecule has 162 valence electrons. The summed E-state index contributed by atoms with van der Waals surface area (Å²) in [6.07, 6.45) is 6.46. The van der Waals surface area contributed by atoms with Crippen molar-refractivity contribution in [1.82, 2.24) is 14.6 Å². The molecule has 0 amide bonds. The average molecular weight is 430 g/mol. The molecule has 1 saturated carbocycles. The van der Waals surface area contributed by atoms with Crippen molar-refractivity contribution in [3.8, 4) is 34.0 Å². The number of nitro groups is 1. The van der Waals surface area contributed by atoms with Gasteiger partial charge in [-0.15, -0.1) is 0 Å². The van der Waals surface area contributed by atoms with E-state index in [2.05, 4.69) is 4.98 Å². The Labute approximate surface area is 184 Å². The Balaban J connectivity index is 1.53. The zero-order valence-corrected chi connectivity index (χ0v) is 17.6. The van der Waals surface area contributed by atoms with Crippen molar-refractivity contribution in [3.05, 3.63) is 70.9 Å². The Kier molecular flexibility index (Phi) is 5.18. The molecule has 0 spiro atoms. The molecule has 1 aliphatic carbocycles. The van der Waals surface area contributed by atoms with E-state index in [1.807, 2.05) is 30.3 Å². The molecule has 8 nitrogen and oxygen atoms in total. The lowest BCUT2D eigenvalue weighted by atomic mass is 10.1. The van der Waals surface area contributed by atoms with Crippen LogP contribution in [-0.2, 0) is 0 Å². The van der Waals surface area contributed by atoms with Crippen LogP contribution in [0.2, 0.25) is 0 Å². The van der Waals surface area contributed by atoms with Gasteiger partial charge < -0.3 is 9.47 Å². The summed E-state index contributed by atoms with van der Waals surface area (Å²) in [7, 11) is 1.64. The predicted molar refractivity (Wildman–Crippen MR) is 120 cm³/mol. The van der Waals surface area contributed by atoms with Crippen LogP contribution >= 0.6 is 0 Å². The van der Waals surface area contributed by atoms with Gasteiger partial charge in [0.05, 0.1) is 29.5 Å². The Morgan fingerprint density at radius 2 is 1.75 bits per heavy atom. The number of fused-ring (bicyclic) bond motifs is 1. The fourth-order valence-electron chi connectivity index (χ4n) is 4.12. The molecular weight excluding hydrogens is 408 g/mol. The first-order valence-corrected chi connectivity index (χ1v) is 10.6. The van der Waals surface area contributed by atoms with E-state index in [0.717, 1.165) is 35.4 Å². The van der Waals surface area contributed by atoms with Crippen LogP contribution in [0.1, 0.15) is 25.7 Å². The van der Waals surface area contributed by atoms with Crippen molar-refractivity contribution >= 4 is 11.3 Å². The fourth-order valence-corrected chi connectivity index (χ4v) is 4.12. The summed E-state index contributed by atoms with van der Waals surface area (Å²) in [5.41, 5.74) is 4.00. The van der Waals surface area contributed by atoms with E-state index in [0.29, 0.717) is 17.1 Å². The number of ether oxygens (including phenoxy) is 2. The van der Waals surface area contributed by atoms with E-state index in [4.69, 9.17) is 14.6 Å². The normalized spacial score (nSPS) is 14.0. The topological polar surface area (TPSA) is 91.8 Å². The maximum absolute atomic E-state index is 10.9. The van der Waals surface area contributed by atoms with E-state index < -0.39 is 4.92 Å². The monoisotopic (exact) mass is 430 g/mol. The number of nitro benzene ring substituents is 1. The van der Waals surface area contributed by atoms with E-state index in [1.165, 1.54) is 25.0 Å². The molecule has 0 radical (unpaired) electrons. The number of rotatable bonds is 6. The lowest BCUT2D eigenvalue weighted by Crippen LogP contribution is -2.11. The number of non-ortho nitro benzene ring substituents is 1. The first-order valence-electron chi connectivity index (χ1n) is 10.6. The van der Waals surface area contributed by atoms with Gasteiger partial charge >= 0.3 is 0 Å². The minimum absolute atomic E-state index is 0.0457. The summed E-state index contributed by atoms with van der Waals surface area (Å²) in [6, 6.07) is 16.0. The van der Waals surface area contributed by atoms with Crippen LogP contribution < -0.4 is 9.47 Å². The highest BCUT2D eigenvalue weighted by Gasteiger charge is 2.19. The highest BCUT2D eigenvalue weighted by Crippen LogP contribution is 2.35. The second-order valence-electron chi connectivity index (χ2n) is 7.82. The third kappa shape index (κ3) is 3.75. The van der Waals surface area contributed by atoms with Gasteiger partial charge in [0.2, 0.25) is 0 Å². The van der Waals surface area contributed by atoms with Crippen molar-refractivity contribution in [2.45, 2.75) is 31.8 Å². The average Bonchev–Trinajstić information content (AvgIpc) is 3.48. The van der Waals surface area contributed by atoms with Gasteiger partial charge in [0.25, 0.3) is 5.69 Å². The summed E-state index contributed by atoms with van der Waals surface area (Å²) >= 11 is 0. The Bertz CT molecular complexity index is 1280. The molecule has 32 heavy (non-hydrogen) atoms. The number of nitrogens with zero attached hydrogens (tertiary/aromatic N) is 4. The van der Waals surface area contributed by atoms with E-state index in [9.17, 15) is 10.1 Å². The number of methoxy groups -OCH3 is 1. The van der Waals surface area contributed by atoms with Gasteiger partial charge in [-0.1, -0.05) is 0 Å². The summed E-state index contributed by atoms with van der Waals surface area (Å²) < 4.78 is 13.5. The third-order valence-electron chi connectivity index (χ3n) is 5.79. The molecule has 0 aliphatic heterocycles. The predicted octanol–water partition coefficient (Wildman–Crippen LogP) is 5.30. The summed E-state index contributed by atoms with van der Waals surface area (Å²) in [6.45, 7) is 0. The van der Waals surface area contributed by atoms with Gasteiger partial charge in [-0.05, 0) is 62.1 Å². The maximum Gasteiger partial charge on any atom is 0.269 e. The maximum atomic E-state index is 10.9. The zero-order valence-electron chi connectivity index (χ0n) is 17.6. The molecule has 2 aromatic heterocycles. The Hall–Kier alpha value is -3.94. The van der Waals surface area contributed by atoms with Crippen LogP contribution in [0.15, 0.2) is 60.8 Å². The second-order valence-corrected chi connectivity index (χ2v) is 7.82. The summed E-state index contributed by atoms with van der Waals surface area (Å²) in [4.78, 5) is 15.0. The van der Waals surface area contributed by atoms with Crippen molar-refractivity contribution in [2.24, 2.45) is 0 Å². The Morgan fingerprint density at radius 3 is 2.47 bits per heavy atom. The number of hydrogen-bond donors (Lipinski definition) is 0. The minimum atomic E-state index is -0.415. The van der Waals surface area contributed by atoms with Gasteiger partial charge in [0.15, 0.2) is 17.1 Å². The quantitative estimate of drug-likeness (QED) is 0.304. The van der Waals surface area contributed by atoms with E-state index in [-0.39, 0.29) is 11.8 Å². The van der Waals surface area contributed by atoms with Crippen LogP contribution in [0.4, 0.5) is 5.69 Å². The van der Waals surface area contributed by atoms with Crippen LogP contribution in [0.25, 0.3) is 28.2 Å². The van der Waals surface area contributed by atoms with E-state index >= 15 is 0 Å². The van der Waals surface area contributed by atoms with Gasteiger partial charge in [-0.3, -0.25) is 10.1 Å². The molecule has 8 heteroatoms. The van der Waals surface area contributed by atoms with Crippen molar-refractivity contribution < 1.29 is 14.4 Å². The lowest BCUT2D eigenvalue weighted by molar-refractivity contribution is -0.384. The van der Waals surface area contributed by atoms with Crippen LogP contribution in [0, 0.1) is 10.1 Å². The molecule has 0 saturated heterocycles. The molecule has 0 atom stereocenters. The molecule has 2 heterocycles. The lowest BCUT2D eigenvalue weighted by Gasteiger charge is -2.17. The van der Waals surface area contributed by atoms with Crippen molar-refractivity contribution in [3.63, 3.8) is 0 Å². The molecule has 0 N–H and O–H groups in total. The molecule has 2 aromatic carbocycles. The largest absolute Gasteiger partial charge is 0.493 e. The number of aromatic nitrogens is 3. The molecule has 0 unspecified atom stereocenters. The highest BCUT2D eigenvalue weighted by molar-refractivity contribution is 5.70. The number of hydrogen-bond acceptors (Lipinski definition) is 6. The standard InChI is InChI=1S/C24H22N4O4/c1-31-22-11-8-17(14-23(22)32-19-4-2-3-5-19)21-12-13-25-24-15-20(26-27(21)24)16-6-9-18(10-7-16)28(29)30/h6-15,19H,2-5H2,1H3. The van der Waals surface area contributed by atoms with Gasteiger partial charge in [0, 0.05) is 35.5 Å². The van der Waals surface area contributed by atoms with Gasteiger partial charge in [0.1, 0.15) is 0 Å². The Morgan fingerprint density at radius 1 is 1.00 bits per heavy atom. The van der Waals surface area contributed by atoms with Crippen LogP contribution in [0.3, 0.4) is 0 Å². The zero-order chi connectivity index (χ0) is 22.1. The molecule has 1 fully saturated rings. The minimum Gasteiger partial charge on any atom is -0.493 e. The first kappa shape index (κ1) is 20.0. The fraction of sp³-hybridized carbons (Fsp3) is 0.250. The molecule has 4 aromatic rings. The molecular formula is C24H22N4O4. The number of benzene rings is 2. The first-order chi connectivity index (χ1) is 15.6. The van der Waals surface area contributed by atoms with Crippen molar-refractivity contribution in [2.75, 3.05) is 7.11 Å². The van der Waals surface area contributed by atoms with Crippen LogP contribution in [-0.4, -0.2) is 32.7 Å². The van der Waals surface area contributed by atoms with Crippen molar-refractivity contribution in [1.29, 1.82) is 0 Å². The summed E-state index contributed by atoms with van der Waals surface area (Å²) in [5.74, 6) is 1.43. The smallest absolute Gasteiger partial charge is 0.269 e. The molecule has 1 aliphatic rings. The van der Waals surface area contributed by atoms with Gasteiger partial charge in [-0.2, -0.15) is 5.10 Å². The molecule has 5 rings (SSSR count). The molecule has 0 bridgehead atoms. The second kappa shape index (κ2) is 8.30. The summed E-state index contributed by atoms with van der Waals surface area (Å²) in [5, 5.41) is 15.7. The highest BCUT2D eigenvalue weighted by atomic mass is 16.6. The third-order valence-corrected chi connectivity index (χ3v) is 5.79. The van der Waals surface area contributed by atoms with Gasteiger partial charge in [-0.25, -0.2) is 9.50 Å². The SMILES string of the molecule is COc1ccc(-c2ccnc3cc(-c4ccc([N+](=O)[O-])cc4)nn23)cc1OC1CCCC1.